The Morgan fingerprint density at radius 2 is 0.909 bits per heavy atom. The molecule has 0 aliphatic heterocycles. The smallest absolute Gasteiger partial charge is 0.135 e. The fraction of sp³-hybridized carbons (Fsp3) is 0. The van der Waals surface area contributed by atoms with Crippen LogP contribution in [-0.4, -0.2) is 4.57 Å². The summed E-state index contributed by atoms with van der Waals surface area (Å²) in [4.78, 5) is 2.36. The molecule has 9 aromatic carbocycles. The zero-order chi connectivity index (χ0) is 36.3. The Morgan fingerprint density at radius 3 is 1.71 bits per heavy atom. The van der Waals surface area contributed by atoms with Gasteiger partial charge in [-0.15, -0.1) is 0 Å². The molecular formula is C52H34N2O. The monoisotopic (exact) mass is 702 g/mol. The quantitative estimate of drug-likeness (QED) is 0.172. The largest absolute Gasteiger partial charge is 0.456 e. The van der Waals surface area contributed by atoms with Crippen LogP contribution in [-0.2, 0) is 0 Å². The first-order valence-electron chi connectivity index (χ1n) is 18.7. The lowest BCUT2D eigenvalue weighted by atomic mass is 9.97. The fourth-order valence-corrected chi connectivity index (χ4v) is 8.32. The van der Waals surface area contributed by atoms with Crippen molar-refractivity contribution in [1.29, 1.82) is 0 Å². The summed E-state index contributed by atoms with van der Waals surface area (Å²) in [5.41, 5.74) is 13.2. The molecule has 2 aromatic heterocycles. The van der Waals surface area contributed by atoms with Gasteiger partial charge in [0.2, 0.25) is 0 Å². The van der Waals surface area contributed by atoms with E-state index >= 15 is 0 Å². The maximum atomic E-state index is 6.25. The van der Waals surface area contributed by atoms with Crippen molar-refractivity contribution in [2.75, 3.05) is 4.90 Å². The van der Waals surface area contributed by atoms with E-state index in [9.17, 15) is 0 Å². The fourth-order valence-electron chi connectivity index (χ4n) is 8.32. The van der Waals surface area contributed by atoms with E-state index in [1.807, 2.05) is 12.1 Å². The second-order valence-corrected chi connectivity index (χ2v) is 14.2. The summed E-state index contributed by atoms with van der Waals surface area (Å²) in [6, 6.07) is 74.1. The number of furan rings is 1. The van der Waals surface area contributed by atoms with Crippen LogP contribution in [0.1, 0.15) is 0 Å². The van der Waals surface area contributed by atoms with Gasteiger partial charge < -0.3 is 13.9 Å². The number of fused-ring (bicyclic) bond motifs is 7. The molecule has 0 radical (unpaired) electrons. The van der Waals surface area contributed by atoms with Crippen molar-refractivity contribution in [2.24, 2.45) is 0 Å². The van der Waals surface area contributed by atoms with Gasteiger partial charge in [-0.2, -0.15) is 0 Å². The predicted molar refractivity (Wildman–Crippen MR) is 231 cm³/mol. The minimum atomic E-state index is 0.880. The highest BCUT2D eigenvalue weighted by Crippen LogP contribution is 2.41. The number of aromatic nitrogens is 1. The Hall–Kier alpha value is -7.36. The van der Waals surface area contributed by atoms with Gasteiger partial charge in [-0.1, -0.05) is 127 Å². The number of para-hydroxylation sites is 3. The highest BCUT2D eigenvalue weighted by Gasteiger charge is 2.18. The van der Waals surface area contributed by atoms with Crippen LogP contribution in [0.5, 0.6) is 0 Å². The number of benzene rings is 9. The van der Waals surface area contributed by atoms with E-state index < -0.39 is 0 Å². The van der Waals surface area contributed by atoms with E-state index in [-0.39, 0.29) is 0 Å². The van der Waals surface area contributed by atoms with Crippen LogP contribution in [0.2, 0.25) is 0 Å². The molecule has 0 saturated carbocycles. The third-order valence-corrected chi connectivity index (χ3v) is 10.9. The van der Waals surface area contributed by atoms with E-state index in [1.165, 1.54) is 54.8 Å². The van der Waals surface area contributed by atoms with Gasteiger partial charge in [-0.05, 0) is 112 Å². The van der Waals surface area contributed by atoms with E-state index in [0.29, 0.717) is 0 Å². The Labute approximate surface area is 318 Å². The summed E-state index contributed by atoms with van der Waals surface area (Å²) in [5.74, 6) is 0. The molecule has 0 bridgehead atoms. The normalized spacial score (nSPS) is 11.6. The van der Waals surface area contributed by atoms with Gasteiger partial charge in [0.25, 0.3) is 0 Å². The van der Waals surface area contributed by atoms with Crippen LogP contribution in [0.15, 0.2) is 211 Å². The molecule has 258 valence electrons. The summed E-state index contributed by atoms with van der Waals surface area (Å²) in [6.45, 7) is 0. The maximum absolute atomic E-state index is 6.25. The number of nitrogens with zero attached hydrogens (tertiary/aromatic N) is 2. The molecule has 0 amide bonds. The van der Waals surface area contributed by atoms with Crippen LogP contribution in [0, 0.1) is 0 Å². The molecule has 0 aliphatic rings. The SMILES string of the molecule is c1cc(-c2ccc(N(c3cccc(-n4c5ccccc5c5ccccc54)c3)c3ccc4oc5ccccc5c4c3)cc2)cc(-c2ccc3ccccc3c2)c1. The molecule has 11 aromatic rings. The minimum Gasteiger partial charge on any atom is -0.456 e. The summed E-state index contributed by atoms with van der Waals surface area (Å²) in [5, 5.41) is 7.21. The first-order chi connectivity index (χ1) is 27.2. The molecule has 0 atom stereocenters. The zero-order valence-electron chi connectivity index (χ0n) is 29.9. The van der Waals surface area contributed by atoms with E-state index in [1.54, 1.807) is 0 Å². The van der Waals surface area contributed by atoms with E-state index in [0.717, 1.165) is 44.7 Å². The van der Waals surface area contributed by atoms with Crippen LogP contribution in [0.25, 0.3) is 82.5 Å². The number of anilines is 3. The molecule has 0 unspecified atom stereocenters. The Balaban J connectivity index is 1.04. The molecule has 0 spiro atoms. The molecule has 0 N–H and O–H groups in total. The highest BCUT2D eigenvalue weighted by molar-refractivity contribution is 6.09. The minimum absolute atomic E-state index is 0.880. The molecular weight excluding hydrogens is 669 g/mol. The van der Waals surface area contributed by atoms with Crippen molar-refractivity contribution in [2.45, 2.75) is 0 Å². The van der Waals surface area contributed by atoms with Crippen molar-refractivity contribution in [3.05, 3.63) is 206 Å². The zero-order valence-corrected chi connectivity index (χ0v) is 29.9. The van der Waals surface area contributed by atoms with Gasteiger partial charge in [0, 0.05) is 44.3 Å². The molecule has 2 heterocycles. The maximum Gasteiger partial charge on any atom is 0.135 e. The molecule has 3 heteroatoms. The van der Waals surface area contributed by atoms with Crippen LogP contribution in [0.4, 0.5) is 17.1 Å². The van der Waals surface area contributed by atoms with Gasteiger partial charge >= 0.3 is 0 Å². The Morgan fingerprint density at radius 1 is 0.327 bits per heavy atom. The second kappa shape index (κ2) is 12.6. The molecule has 11 rings (SSSR count). The van der Waals surface area contributed by atoms with Crippen LogP contribution >= 0.6 is 0 Å². The van der Waals surface area contributed by atoms with Gasteiger partial charge in [0.1, 0.15) is 11.2 Å². The van der Waals surface area contributed by atoms with Crippen molar-refractivity contribution >= 4 is 71.6 Å². The lowest BCUT2D eigenvalue weighted by Gasteiger charge is -2.26. The topological polar surface area (TPSA) is 21.3 Å². The highest BCUT2D eigenvalue weighted by atomic mass is 16.3. The Bertz CT molecular complexity index is 3170. The standard InChI is InChI=1S/C52H34N2O/c1-2-12-37-32-40(24-23-35(37)11-1)39-14-9-13-38(31-39)36-25-27-41(28-26-36)53(44-29-30-52-48(34-44)47-19-5-8-22-51(47)55-52)42-15-10-16-43(33-42)54-49-20-6-3-17-45(49)46-18-4-7-21-50(46)54/h1-34H. The van der Waals surface area contributed by atoms with Crippen molar-refractivity contribution in [3.8, 4) is 27.9 Å². The Kier molecular flexibility index (Phi) is 7.17. The van der Waals surface area contributed by atoms with E-state index in [2.05, 4.69) is 204 Å². The summed E-state index contributed by atoms with van der Waals surface area (Å²) in [6.07, 6.45) is 0. The first-order valence-corrected chi connectivity index (χ1v) is 18.7. The van der Waals surface area contributed by atoms with Crippen LogP contribution < -0.4 is 4.90 Å². The summed E-state index contributed by atoms with van der Waals surface area (Å²) in [7, 11) is 0. The van der Waals surface area contributed by atoms with Crippen molar-refractivity contribution in [3.63, 3.8) is 0 Å². The van der Waals surface area contributed by atoms with Gasteiger partial charge in [-0.3, -0.25) is 0 Å². The lowest BCUT2D eigenvalue weighted by molar-refractivity contribution is 0.669. The molecule has 3 nitrogen and oxygen atoms in total. The lowest BCUT2D eigenvalue weighted by Crippen LogP contribution is -2.10. The third-order valence-electron chi connectivity index (χ3n) is 10.9. The summed E-state index contributed by atoms with van der Waals surface area (Å²) < 4.78 is 8.63. The van der Waals surface area contributed by atoms with Gasteiger partial charge in [-0.25, -0.2) is 0 Å². The van der Waals surface area contributed by atoms with Crippen molar-refractivity contribution < 1.29 is 4.42 Å². The first kappa shape index (κ1) is 31.2. The molecule has 0 saturated heterocycles. The van der Waals surface area contributed by atoms with Crippen LogP contribution in [0.3, 0.4) is 0 Å². The summed E-state index contributed by atoms with van der Waals surface area (Å²) >= 11 is 0. The van der Waals surface area contributed by atoms with E-state index in [4.69, 9.17) is 4.42 Å². The average Bonchev–Trinajstić information content (AvgIpc) is 3.80. The second-order valence-electron chi connectivity index (χ2n) is 14.2. The number of hydrogen-bond acceptors (Lipinski definition) is 2. The molecule has 0 aliphatic carbocycles. The predicted octanol–water partition coefficient (Wildman–Crippen LogP) is 14.6. The molecule has 55 heavy (non-hydrogen) atoms. The van der Waals surface area contributed by atoms with Crippen molar-refractivity contribution in [1.82, 2.24) is 4.57 Å². The van der Waals surface area contributed by atoms with Gasteiger partial charge in [0.05, 0.1) is 11.0 Å². The van der Waals surface area contributed by atoms with Gasteiger partial charge in [0.15, 0.2) is 0 Å². The molecule has 0 fully saturated rings. The number of hydrogen-bond donors (Lipinski definition) is 0. The average molecular weight is 703 g/mol. The number of rotatable bonds is 6. The third kappa shape index (κ3) is 5.28.